The SMILES string of the molecule is COc1ccc2[nH]cc(CN)c2c1C. The minimum absolute atomic E-state index is 0.550. The number of aryl methyl sites for hydroxylation is 1. The first-order chi connectivity index (χ1) is 6.77. The number of ether oxygens (including phenoxy) is 1. The minimum atomic E-state index is 0.550. The van der Waals surface area contributed by atoms with Gasteiger partial charge in [-0.3, -0.25) is 0 Å². The number of H-pyrrole nitrogens is 1. The molecule has 0 radical (unpaired) electrons. The monoisotopic (exact) mass is 190 g/mol. The molecule has 0 unspecified atom stereocenters. The predicted octanol–water partition coefficient (Wildman–Crippen LogP) is 1.94. The lowest BCUT2D eigenvalue weighted by molar-refractivity contribution is 0.412. The lowest BCUT2D eigenvalue weighted by atomic mass is 10.1. The Labute approximate surface area is 82.9 Å². The van der Waals surface area contributed by atoms with Crippen molar-refractivity contribution in [3.05, 3.63) is 29.5 Å². The van der Waals surface area contributed by atoms with Crippen LogP contribution < -0.4 is 10.5 Å². The van der Waals surface area contributed by atoms with Gasteiger partial charge in [0.05, 0.1) is 7.11 Å². The molecule has 3 N–H and O–H groups in total. The molecular weight excluding hydrogens is 176 g/mol. The molecule has 2 aromatic rings. The topological polar surface area (TPSA) is 51.0 Å². The van der Waals surface area contributed by atoms with Crippen LogP contribution in [0.25, 0.3) is 10.9 Å². The first-order valence-electron chi connectivity index (χ1n) is 4.61. The number of rotatable bonds is 2. The van der Waals surface area contributed by atoms with Gasteiger partial charge in [-0.2, -0.15) is 0 Å². The Balaban J connectivity index is 2.77. The maximum atomic E-state index is 5.66. The third-order valence-electron chi connectivity index (χ3n) is 2.58. The van der Waals surface area contributed by atoms with Crippen molar-refractivity contribution in [3.8, 4) is 5.75 Å². The van der Waals surface area contributed by atoms with Crippen molar-refractivity contribution >= 4 is 10.9 Å². The van der Waals surface area contributed by atoms with E-state index in [2.05, 4.69) is 4.98 Å². The van der Waals surface area contributed by atoms with Crippen LogP contribution in [0.3, 0.4) is 0 Å². The van der Waals surface area contributed by atoms with Crippen LogP contribution in [-0.4, -0.2) is 12.1 Å². The van der Waals surface area contributed by atoms with E-state index in [4.69, 9.17) is 10.5 Å². The molecule has 1 heterocycles. The highest BCUT2D eigenvalue weighted by Crippen LogP contribution is 2.29. The Hall–Kier alpha value is -1.48. The lowest BCUT2D eigenvalue weighted by Crippen LogP contribution is -1.96. The van der Waals surface area contributed by atoms with Crippen molar-refractivity contribution in [2.75, 3.05) is 7.11 Å². The van der Waals surface area contributed by atoms with E-state index in [0.717, 1.165) is 22.4 Å². The van der Waals surface area contributed by atoms with Gasteiger partial charge in [0.15, 0.2) is 0 Å². The van der Waals surface area contributed by atoms with Gasteiger partial charge in [-0.05, 0) is 24.6 Å². The molecule has 0 aliphatic carbocycles. The first kappa shape index (κ1) is 9.09. The van der Waals surface area contributed by atoms with Crippen LogP contribution in [0.15, 0.2) is 18.3 Å². The summed E-state index contributed by atoms with van der Waals surface area (Å²) in [5, 5.41) is 1.19. The molecule has 0 saturated heterocycles. The summed E-state index contributed by atoms with van der Waals surface area (Å²) in [4.78, 5) is 3.20. The second kappa shape index (κ2) is 3.35. The smallest absolute Gasteiger partial charge is 0.122 e. The number of fused-ring (bicyclic) bond motifs is 1. The van der Waals surface area contributed by atoms with E-state index in [1.54, 1.807) is 7.11 Å². The van der Waals surface area contributed by atoms with Crippen molar-refractivity contribution in [1.82, 2.24) is 4.98 Å². The van der Waals surface area contributed by atoms with Crippen LogP contribution in [-0.2, 0) is 6.54 Å². The lowest BCUT2D eigenvalue weighted by Gasteiger charge is -2.06. The number of hydrogen-bond donors (Lipinski definition) is 2. The van der Waals surface area contributed by atoms with Crippen LogP contribution in [0.1, 0.15) is 11.1 Å². The standard InChI is InChI=1S/C11H14N2O/c1-7-10(14-2)4-3-9-11(7)8(5-12)6-13-9/h3-4,6,13H,5,12H2,1-2H3. The van der Waals surface area contributed by atoms with Gasteiger partial charge in [-0.15, -0.1) is 0 Å². The molecule has 1 aromatic carbocycles. The molecule has 2 rings (SSSR count). The Bertz CT molecular complexity index is 460. The minimum Gasteiger partial charge on any atom is -0.496 e. The van der Waals surface area contributed by atoms with E-state index in [1.165, 1.54) is 5.39 Å². The second-order valence-corrected chi connectivity index (χ2v) is 3.33. The number of aromatic nitrogens is 1. The molecular formula is C11H14N2O. The predicted molar refractivity (Wildman–Crippen MR) is 57.5 cm³/mol. The maximum Gasteiger partial charge on any atom is 0.122 e. The summed E-state index contributed by atoms with van der Waals surface area (Å²) < 4.78 is 5.27. The van der Waals surface area contributed by atoms with Crippen LogP contribution in [0, 0.1) is 6.92 Å². The van der Waals surface area contributed by atoms with Crippen molar-refractivity contribution in [2.45, 2.75) is 13.5 Å². The van der Waals surface area contributed by atoms with Gasteiger partial charge in [0, 0.05) is 29.2 Å². The summed E-state index contributed by atoms with van der Waals surface area (Å²) in [6, 6.07) is 3.98. The van der Waals surface area contributed by atoms with E-state index in [-0.39, 0.29) is 0 Å². The van der Waals surface area contributed by atoms with E-state index in [1.807, 2.05) is 25.3 Å². The number of nitrogens with one attached hydrogen (secondary N) is 1. The number of benzene rings is 1. The number of nitrogens with two attached hydrogens (primary N) is 1. The Morgan fingerprint density at radius 1 is 1.43 bits per heavy atom. The highest BCUT2D eigenvalue weighted by atomic mass is 16.5. The van der Waals surface area contributed by atoms with E-state index >= 15 is 0 Å². The summed E-state index contributed by atoms with van der Waals surface area (Å²) in [6.45, 7) is 2.60. The first-order valence-corrected chi connectivity index (χ1v) is 4.61. The fraction of sp³-hybridized carbons (Fsp3) is 0.273. The van der Waals surface area contributed by atoms with Gasteiger partial charge in [0.2, 0.25) is 0 Å². The molecule has 1 aromatic heterocycles. The van der Waals surface area contributed by atoms with Crippen LogP contribution in [0.2, 0.25) is 0 Å². The van der Waals surface area contributed by atoms with Crippen molar-refractivity contribution in [1.29, 1.82) is 0 Å². The molecule has 0 fully saturated rings. The zero-order valence-electron chi connectivity index (χ0n) is 8.42. The molecule has 0 amide bonds. The van der Waals surface area contributed by atoms with Gasteiger partial charge in [-0.25, -0.2) is 0 Å². The molecule has 14 heavy (non-hydrogen) atoms. The zero-order valence-corrected chi connectivity index (χ0v) is 8.42. The van der Waals surface area contributed by atoms with Crippen molar-refractivity contribution in [2.24, 2.45) is 5.73 Å². The van der Waals surface area contributed by atoms with Crippen LogP contribution in [0.4, 0.5) is 0 Å². The summed E-state index contributed by atoms with van der Waals surface area (Å²) in [5.74, 6) is 0.909. The average Bonchev–Trinajstić information content (AvgIpc) is 2.62. The fourth-order valence-corrected chi connectivity index (χ4v) is 1.85. The molecule has 0 atom stereocenters. The molecule has 0 aliphatic heterocycles. The molecule has 0 bridgehead atoms. The number of methoxy groups -OCH3 is 1. The maximum absolute atomic E-state index is 5.66. The quantitative estimate of drug-likeness (QED) is 0.760. The van der Waals surface area contributed by atoms with Crippen molar-refractivity contribution in [3.63, 3.8) is 0 Å². The summed E-state index contributed by atoms with van der Waals surface area (Å²) in [5.41, 5.74) is 9.06. The average molecular weight is 190 g/mol. The van der Waals surface area contributed by atoms with Gasteiger partial charge in [-0.1, -0.05) is 0 Å². The van der Waals surface area contributed by atoms with E-state index < -0.39 is 0 Å². The Morgan fingerprint density at radius 3 is 2.86 bits per heavy atom. The van der Waals surface area contributed by atoms with Crippen LogP contribution in [0.5, 0.6) is 5.75 Å². The number of aromatic amines is 1. The normalized spacial score (nSPS) is 10.8. The third kappa shape index (κ3) is 1.17. The second-order valence-electron chi connectivity index (χ2n) is 3.33. The summed E-state index contributed by atoms with van der Waals surface area (Å²) >= 11 is 0. The van der Waals surface area contributed by atoms with Gasteiger partial charge in [0.1, 0.15) is 5.75 Å². The molecule has 3 heteroatoms. The molecule has 74 valence electrons. The van der Waals surface area contributed by atoms with E-state index in [0.29, 0.717) is 6.54 Å². The van der Waals surface area contributed by atoms with Gasteiger partial charge >= 0.3 is 0 Å². The highest BCUT2D eigenvalue weighted by Gasteiger charge is 2.08. The summed E-state index contributed by atoms with van der Waals surface area (Å²) in [7, 11) is 1.68. The van der Waals surface area contributed by atoms with Gasteiger partial charge in [0.25, 0.3) is 0 Å². The Morgan fingerprint density at radius 2 is 2.21 bits per heavy atom. The molecule has 3 nitrogen and oxygen atoms in total. The number of hydrogen-bond acceptors (Lipinski definition) is 2. The fourth-order valence-electron chi connectivity index (χ4n) is 1.85. The third-order valence-corrected chi connectivity index (χ3v) is 2.58. The zero-order chi connectivity index (χ0) is 10.1. The van der Waals surface area contributed by atoms with Crippen molar-refractivity contribution < 1.29 is 4.74 Å². The van der Waals surface area contributed by atoms with Crippen LogP contribution >= 0.6 is 0 Å². The molecule has 0 saturated carbocycles. The molecule has 0 aliphatic rings. The summed E-state index contributed by atoms with van der Waals surface area (Å²) in [6.07, 6.45) is 1.96. The molecule has 0 spiro atoms. The van der Waals surface area contributed by atoms with Gasteiger partial charge < -0.3 is 15.5 Å². The highest BCUT2D eigenvalue weighted by molar-refractivity contribution is 5.88. The largest absolute Gasteiger partial charge is 0.496 e. The van der Waals surface area contributed by atoms with E-state index in [9.17, 15) is 0 Å². The Kier molecular flexibility index (Phi) is 2.17.